The van der Waals surface area contributed by atoms with E-state index in [1.165, 1.54) is 6.33 Å². The first-order valence-corrected chi connectivity index (χ1v) is 9.82. The Balaban J connectivity index is 1.94. The minimum Gasteiger partial charge on any atom is -0.390 e. The van der Waals surface area contributed by atoms with Crippen molar-refractivity contribution in [2.24, 2.45) is 0 Å². The summed E-state index contributed by atoms with van der Waals surface area (Å²) in [6.45, 7) is 4.99. The Labute approximate surface area is 184 Å². The minimum absolute atomic E-state index is 0.262. The zero-order valence-electron chi connectivity index (χ0n) is 17.4. The van der Waals surface area contributed by atoms with E-state index in [-0.39, 0.29) is 18.3 Å². The molecule has 32 heavy (non-hydrogen) atoms. The van der Waals surface area contributed by atoms with Crippen LogP contribution in [-0.2, 0) is 11.4 Å². The molecule has 4 rings (SSSR count). The largest absolute Gasteiger partial charge is 0.390 e. The van der Waals surface area contributed by atoms with Gasteiger partial charge in [-0.1, -0.05) is 43.0 Å². The highest BCUT2D eigenvalue weighted by molar-refractivity contribution is 6.03. The molecule has 2 aromatic heterocycles. The van der Waals surface area contributed by atoms with Crippen molar-refractivity contribution in [3.63, 3.8) is 0 Å². The van der Waals surface area contributed by atoms with E-state index >= 15 is 0 Å². The summed E-state index contributed by atoms with van der Waals surface area (Å²) < 4.78 is 1.58. The molecule has 0 atom stereocenters. The lowest BCUT2D eigenvalue weighted by Crippen LogP contribution is -2.11. The number of nitrogens with two attached hydrogens (primary N) is 1. The molecule has 0 unspecified atom stereocenters. The molecular weight excluding hydrogens is 406 g/mol. The van der Waals surface area contributed by atoms with Crippen LogP contribution in [0.15, 0.2) is 67.0 Å². The van der Waals surface area contributed by atoms with Gasteiger partial charge in [0.15, 0.2) is 5.82 Å². The van der Waals surface area contributed by atoms with Crippen LogP contribution in [0, 0.1) is 0 Å². The minimum atomic E-state index is -0.284. The maximum atomic E-state index is 11.9. The van der Waals surface area contributed by atoms with Gasteiger partial charge < -0.3 is 16.2 Å². The van der Waals surface area contributed by atoms with Crippen LogP contribution in [0.4, 0.5) is 11.5 Å². The standard InChI is InChI=1S/C24H21N5O3/c1-14(2)24(32)28-18-9-7-16(8-10-18)20-19(12-31)29-22(23(25)26-13-27-29)21(20)17-5-3-15(11-30)4-6-17/h3-11,13,31H,1,12H2,2H3,(H,28,32)(H2,25,26,27). The summed E-state index contributed by atoms with van der Waals surface area (Å²) in [5.74, 6) is 0.00293. The molecule has 1 amide bonds. The van der Waals surface area contributed by atoms with E-state index < -0.39 is 0 Å². The van der Waals surface area contributed by atoms with E-state index in [2.05, 4.69) is 22.0 Å². The van der Waals surface area contributed by atoms with E-state index in [1.807, 2.05) is 24.3 Å². The first-order chi connectivity index (χ1) is 15.4. The molecule has 0 fully saturated rings. The van der Waals surface area contributed by atoms with Crippen LogP contribution in [0.2, 0.25) is 0 Å². The maximum absolute atomic E-state index is 11.9. The Hall–Kier alpha value is -4.30. The fraction of sp³-hybridized carbons (Fsp3) is 0.0833. The lowest BCUT2D eigenvalue weighted by molar-refractivity contribution is -0.112. The third-order valence-electron chi connectivity index (χ3n) is 5.15. The number of rotatable bonds is 6. The number of nitrogens with zero attached hydrogens (tertiary/aromatic N) is 3. The van der Waals surface area contributed by atoms with Crippen LogP contribution in [-0.4, -0.2) is 31.9 Å². The second-order valence-electron chi connectivity index (χ2n) is 7.31. The topological polar surface area (TPSA) is 123 Å². The Morgan fingerprint density at radius 1 is 1.12 bits per heavy atom. The molecule has 4 aromatic rings. The Bertz CT molecular complexity index is 1340. The molecule has 0 aliphatic heterocycles. The lowest BCUT2D eigenvalue weighted by atomic mass is 9.95. The number of aromatic nitrogens is 3. The van der Waals surface area contributed by atoms with Crippen molar-refractivity contribution in [1.29, 1.82) is 0 Å². The van der Waals surface area contributed by atoms with Gasteiger partial charge in [-0.3, -0.25) is 9.59 Å². The highest BCUT2D eigenvalue weighted by Crippen LogP contribution is 2.41. The molecule has 4 N–H and O–H groups in total. The molecule has 160 valence electrons. The third-order valence-corrected chi connectivity index (χ3v) is 5.15. The van der Waals surface area contributed by atoms with E-state index in [0.717, 1.165) is 28.5 Å². The van der Waals surface area contributed by atoms with Gasteiger partial charge in [0, 0.05) is 28.0 Å². The average molecular weight is 427 g/mol. The van der Waals surface area contributed by atoms with Gasteiger partial charge in [-0.25, -0.2) is 9.50 Å². The number of aldehydes is 1. The van der Waals surface area contributed by atoms with Gasteiger partial charge in [0.25, 0.3) is 5.91 Å². The molecule has 2 aromatic carbocycles. The first kappa shape index (κ1) is 21.0. The number of hydrogen-bond donors (Lipinski definition) is 3. The molecule has 0 saturated carbocycles. The molecule has 0 aliphatic carbocycles. The number of fused-ring (bicyclic) bond motifs is 1. The van der Waals surface area contributed by atoms with Gasteiger partial charge in [-0.15, -0.1) is 0 Å². The first-order valence-electron chi connectivity index (χ1n) is 9.82. The molecule has 0 spiro atoms. The lowest BCUT2D eigenvalue weighted by Gasteiger charge is -2.10. The second-order valence-corrected chi connectivity index (χ2v) is 7.31. The van der Waals surface area contributed by atoms with E-state index in [0.29, 0.717) is 28.0 Å². The quantitative estimate of drug-likeness (QED) is 0.320. The Kier molecular flexibility index (Phi) is 5.53. The molecule has 8 heteroatoms. The van der Waals surface area contributed by atoms with Gasteiger partial charge >= 0.3 is 0 Å². The predicted octanol–water partition coefficient (Wildman–Crippen LogP) is 3.46. The summed E-state index contributed by atoms with van der Waals surface area (Å²) in [5, 5.41) is 17.3. The van der Waals surface area contributed by atoms with E-state index in [1.54, 1.807) is 35.7 Å². The number of carbonyl (C=O) groups is 2. The van der Waals surface area contributed by atoms with Crippen molar-refractivity contribution in [2.75, 3.05) is 11.1 Å². The summed E-state index contributed by atoms with van der Waals surface area (Å²) >= 11 is 0. The summed E-state index contributed by atoms with van der Waals surface area (Å²) in [4.78, 5) is 27.1. The Morgan fingerprint density at radius 2 is 1.75 bits per heavy atom. The average Bonchev–Trinajstić information content (AvgIpc) is 3.15. The number of nitrogen functional groups attached to an aromatic ring is 1. The van der Waals surface area contributed by atoms with Crippen LogP contribution in [0.1, 0.15) is 23.0 Å². The van der Waals surface area contributed by atoms with Crippen molar-refractivity contribution in [1.82, 2.24) is 14.6 Å². The molecule has 0 bridgehead atoms. The van der Waals surface area contributed by atoms with Crippen LogP contribution >= 0.6 is 0 Å². The number of aliphatic hydroxyl groups excluding tert-OH is 1. The summed E-state index contributed by atoms with van der Waals surface area (Å²) in [6.07, 6.45) is 2.11. The van der Waals surface area contributed by atoms with Gasteiger partial charge in [-0.2, -0.15) is 5.10 Å². The number of anilines is 2. The fourth-order valence-electron chi connectivity index (χ4n) is 3.60. The van der Waals surface area contributed by atoms with E-state index in [9.17, 15) is 14.7 Å². The SMILES string of the molecule is C=C(C)C(=O)Nc1ccc(-c2c(-c3ccc(C=O)cc3)c3c(N)ncnn3c2CO)cc1. The van der Waals surface area contributed by atoms with E-state index in [4.69, 9.17) is 5.73 Å². The smallest absolute Gasteiger partial charge is 0.250 e. The molecule has 8 nitrogen and oxygen atoms in total. The number of carbonyl (C=O) groups excluding carboxylic acids is 2. The number of aliphatic hydroxyl groups is 1. The number of amides is 1. The molecule has 0 aliphatic rings. The maximum Gasteiger partial charge on any atom is 0.250 e. The van der Waals surface area contributed by atoms with Crippen molar-refractivity contribution in [3.8, 4) is 22.3 Å². The van der Waals surface area contributed by atoms with Crippen molar-refractivity contribution in [3.05, 3.63) is 78.3 Å². The third kappa shape index (κ3) is 3.63. The van der Waals surface area contributed by atoms with Crippen LogP contribution in [0.25, 0.3) is 27.8 Å². The molecule has 0 saturated heterocycles. The van der Waals surface area contributed by atoms with Gasteiger partial charge in [0.2, 0.25) is 0 Å². The van der Waals surface area contributed by atoms with Gasteiger partial charge in [0.1, 0.15) is 18.1 Å². The van der Waals surface area contributed by atoms with Crippen LogP contribution in [0.3, 0.4) is 0 Å². The van der Waals surface area contributed by atoms with Crippen LogP contribution in [0.5, 0.6) is 0 Å². The molecule has 0 radical (unpaired) electrons. The number of benzene rings is 2. The summed E-state index contributed by atoms with van der Waals surface area (Å²) in [7, 11) is 0. The zero-order valence-corrected chi connectivity index (χ0v) is 17.4. The fourth-order valence-corrected chi connectivity index (χ4v) is 3.60. The monoisotopic (exact) mass is 427 g/mol. The van der Waals surface area contributed by atoms with Crippen LogP contribution < -0.4 is 11.1 Å². The Morgan fingerprint density at radius 3 is 2.34 bits per heavy atom. The predicted molar refractivity (Wildman–Crippen MR) is 123 cm³/mol. The second kappa shape index (κ2) is 8.44. The summed E-state index contributed by atoms with van der Waals surface area (Å²) in [5.41, 5.74) is 11.9. The van der Waals surface area contributed by atoms with Crippen molar-refractivity contribution < 1.29 is 14.7 Å². The van der Waals surface area contributed by atoms with Gasteiger partial charge in [-0.05, 0) is 30.2 Å². The highest BCUT2D eigenvalue weighted by Gasteiger charge is 2.23. The molecular formula is C24H21N5O3. The number of hydrogen-bond acceptors (Lipinski definition) is 6. The normalized spacial score (nSPS) is 10.8. The zero-order chi connectivity index (χ0) is 22.8. The van der Waals surface area contributed by atoms with Crippen molar-refractivity contribution >= 4 is 29.2 Å². The number of nitrogens with one attached hydrogen (secondary N) is 1. The van der Waals surface area contributed by atoms with Gasteiger partial charge in [0.05, 0.1) is 12.3 Å². The highest BCUT2D eigenvalue weighted by atomic mass is 16.3. The summed E-state index contributed by atoms with van der Waals surface area (Å²) in [6, 6.07) is 14.3. The van der Waals surface area contributed by atoms with Crippen molar-refractivity contribution in [2.45, 2.75) is 13.5 Å². The molecule has 2 heterocycles.